The van der Waals surface area contributed by atoms with Crippen molar-refractivity contribution in [2.75, 3.05) is 0 Å². The van der Waals surface area contributed by atoms with Crippen LogP contribution in [-0.4, -0.2) is 0 Å². The molecule has 0 heteroatoms. The van der Waals surface area contributed by atoms with Crippen LogP contribution in [0.3, 0.4) is 0 Å². The van der Waals surface area contributed by atoms with Crippen LogP contribution in [0.2, 0.25) is 0 Å². The van der Waals surface area contributed by atoms with Gasteiger partial charge in [0.25, 0.3) is 0 Å². The maximum Gasteiger partial charge on any atom is -0.0232 e. The minimum absolute atomic E-state index is 0.843. The average molecular weight is 124 g/mol. The first kappa shape index (κ1) is 5.76. The second-order valence-electron chi connectivity index (χ2n) is 4.08. The van der Waals surface area contributed by atoms with Gasteiger partial charge in [0.1, 0.15) is 0 Å². The molecule has 0 aromatic carbocycles. The lowest BCUT2D eigenvalue weighted by molar-refractivity contribution is 0.394. The molecule has 0 aromatic rings. The van der Waals surface area contributed by atoms with Crippen molar-refractivity contribution < 1.29 is 0 Å². The van der Waals surface area contributed by atoms with Crippen molar-refractivity contribution in [1.29, 1.82) is 0 Å². The van der Waals surface area contributed by atoms with E-state index in [2.05, 4.69) is 20.8 Å². The van der Waals surface area contributed by atoms with Crippen molar-refractivity contribution in [3.8, 4) is 0 Å². The third-order valence-electron chi connectivity index (χ3n) is 3.85. The normalized spacial score (nSPS) is 61.0. The highest BCUT2D eigenvalue weighted by atomic mass is 14.8. The average Bonchev–Trinajstić information content (AvgIpc) is 2.58. The summed E-state index contributed by atoms with van der Waals surface area (Å²) in [5, 5.41) is 0. The van der Waals surface area contributed by atoms with Crippen LogP contribution in [0.25, 0.3) is 0 Å². The summed E-state index contributed by atoms with van der Waals surface area (Å²) in [6.45, 7) is 7.16. The first-order valence-electron chi connectivity index (χ1n) is 4.23. The molecule has 0 radical (unpaired) electrons. The van der Waals surface area contributed by atoms with E-state index in [9.17, 15) is 0 Å². The van der Waals surface area contributed by atoms with E-state index in [0.717, 1.165) is 23.2 Å². The van der Waals surface area contributed by atoms with Crippen molar-refractivity contribution >= 4 is 0 Å². The summed E-state index contributed by atoms with van der Waals surface area (Å²) in [5.41, 5.74) is 0.843. The van der Waals surface area contributed by atoms with Crippen LogP contribution in [0, 0.1) is 23.2 Å². The monoisotopic (exact) mass is 124 g/mol. The van der Waals surface area contributed by atoms with E-state index >= 15 is 0 Å². The second-order valence-corrected chi connectivity index (χ2v) is 4.08. The van der Waals surface area contributed by atoms with E-state index in [1.54, 1.807) is 0 Å². The summed E-state index contributed by atoms with van der Waals surface area (Å²) in [4.78, 5) is 0. The summed E-state index contributed by atoms with van der Waals surface area (Å²) in [5.74, 6) is 3.36. The van der Waals surface area contributed by atoms with Gasteiger partial charge in [-0.3, -0.25) is 0 Å². The Morgan fingerprint density at radius 2 is 2.00 bits per heavy atom. The lowest BCUT2D eigenvalue weighted by Gasteiger charge is -2.10. The quantitative estimate of drug-likeness (QED) is 0.531. The Balaban J connectivity index is 1.87. The maximum atomic E-state index is 2.46. The van der Waals surface area contributed by atoms with Crippen molar-refractivity contribution in [3.63, 3.8) is 0 Å². The van der Waals surface area contributed by atoms with Crippen molar-refractivity contribution in [2.45, 2.75) is 33.6 Å². The van der Waals surface area contributed by atoms with Gasteiger partial charge in [0, 0.05) is 0 Å². The Kier molecular flexibility index (Phi) is 0.868. The molecule has 0 heterocycles. The van der Waals surface area contributed by atoms with Crippen molar-refractivity contribution in [1.82, 2.24) is 0 Å². The minimum atomic E-state index is 0.843. The Morgan fingerprint density at radius 1 is 1.44 bits per heavy atom. The third-order valence-corrected chi connectivity index (χ3v) is 3.85. The van der Waals surface area contributed by atoms with Crippen LogP contribution in [0.4, 0.5) is 0 Å². The lowest BCUT2D eigenvalue weighted by Crippen LogP contribution is -2.02. The second kappa shape index (κ2) is 1.36. The van der Waals surface area contributed by atoms with E-state index in [1.165, 1.54) is 12.8 Å². The molecule has 0 saturated heterocycles. The molecule has 0 aromatic heterocycles. The summed E-state index contributed by atoms with van der Waals surface area (Å²) in [6.07, 6.45) is 2.88. The fourth-order valence-electron chi connectivity index (χ4n) is 2.82. The predicted octanol–water partition coefficient (Wildman–Crippen LogP) is 2.69. The Morgan fingerprint density at radius 3 is 2.33 bits per heavy atom. The van der Waals surface area contributed by atoms with Crippen LogP contribution in [0.5, 0.6) is 0 Å². The van der Waals surface area contributed by atoms with Crippen LogP contribution >= 0.6 is 0 Å². The molecule has 0 nitrogen and oxygen atoms in total. The largest absolute Gasteiger partial charge is 0.0654 e. The van der Waals surface area contributed by atoms with Crippen LogP contribution in [0.15, 0.2) is 0 Å². The number of hydrogen-bond acceptors (Lipinski definition) is 0. The zero-order valence-electron chi connectivity index (χ0n) is 6.65. The van der Waals surface area contributed by atoms with E-state index in [-0.39, 0.29) is 0 Å². The van der Waals surface area contributed by atoms with Gasteiger partial charge in [0.2, 0.25) is 0 Å². The fraction of sp³-hybridized carbons (Fsp3) is 1.00. The van der Waals surface area contributed by atoms with E-state index in [4.69, 9.17) is 0 Å². The fourth-order valence-corrected chi connectivity index (χ4v) is 2.82. The number of hydrogen-bond donors (Lipinski definition) is 0. The molecule has 0 amide bonds. The highest BCUT2D eigenvalue weighted by Gasteiger charge is 2.80. The molecular formula is C9H16. The van der Waals surface area contributed by atoms with Gasteiger partial charge in [0.15, 0.2) is 0 Å². The van der Waals surface area contributed by atoms with Gasteiger partial charge in [-0.2, -0.15) is 0 Å². The van der Waals surface area contributed by atoms with Gasteiger partial charge in [-0.05, 0) is 29.6 Å². The van der Waals surface area contributed by atoms with E-state index in [1.807, 2.05) is 0 Å². The molecule has 2 aliphatic rings. The molecule has 0 spiro atoms. The molecule has 4 unspecified atom stereocenters. The smallest absolute Gasteiger partial charge is 0.0232 e. The molecule has 2 fully saturated rings. The maximum absolute atomic E-state index is 2.46. The number of fused-ring (bicyclic) bond motifs is 1. The zero-order valence-corrected chi connectivity index (χ0v) is 6.65. The SMILES string of the molecule is CCCC1C2C(C)C12C. The van der Waals surface area contributed by atoms with Crippen LogP contribution in [0.1, 0.15) is 33.6 Å². The molecule has 9 heavy (non-hydrogen) atoms. The molecule has 0 bridgehead atoms. The topological polar surface area (TPSA) is 0 Å². The van der Waals surface area contributed by atoms with E-state index < -0.39 is 0 Å². The van der Waals surface area contributed by atoms with Crippen LogP contribution < -0.4 is 0 Å². The molecular weight excluding hydrogens is 108 g/mol. The summed E-state index contributed by atoms with van der Waals surface area (Å²) in [7, 11) is 0. The van der Waals surface area contributed by atoms with Gasteiger partial charge >= 0.3 is 0 Å². The third kappa shape index (κ3) is 0.461. The lowest BCUT2D eigenvalue weighted by atomic mass is 9.95. The first-order chi connectivity index (χ1) is 4.23. The standard InChI is InChI=1S/C9H16/c1-4-5-7-8-6(2)9(7,8)3/h6-8H,4-5H2,1-3H3. The van der Waals surface area contributed by atoms with Gasteiger partial charge < -0.3 is 0 Å². The van der Waals surface area contributed by atoms with Crippen molar-refractivity contribution in [3.05, 3.63) is 0 Å². The molecule has 0 N–H and O–H groups in total. The van der Waals surface area contributed by atoms with Crippen molar-refractivity contribution in [2.24, 2.45) is 23.2 Å². The summed E-state index contributed by atoms with van der Waals surface area (Å²) >= 11 is 0. The molecule has 52 valence electrons. The zero-order chi connectivity index (χ0) is 6.65. The Bertz CT molecular complexity index is 139. The molecule has 2 saturated carbocycles. The summed E-state index contributed by atoms with van der Waals surface area (Å²) in [6, 6.07) is 0. The highest BCUT2D eigenvalue weighted by Crippen LogP contribution is 2.84. The molecule has 4 atom stereocenters. The molecule has 2 rings (SSSR count). The summed E-state index contributed by atoms with van der Waals surface area (Å²) < 4.78 is 0. The molecule has 2 aliphatic carbocycles. The van der Waals surface area contributed by atoms with Gasteiger partial charge in [0.05, 0.1) is 0 Å². The van der Waals surface area contributed by atoms with Gasteiger partial charge in [-0.25, -0.2) is 0 Å². The predicted molar refractivity (Wildman–Crippen MR) is 39.2 cm³/mol. The molecule has 0 aliphatic heterocycles. The van der Waals surface area contributed by atoms with Crippen LogP contribution in [-0.2, 0) is 0 Å². The highest BCUT2D eigenvalue weighted by molar-refractivity contribution is 5.27. The van der Waals surface area contributed by atoms with Gasteiger partial charge in [-0.1, -0.05) is 27.2 Å². The Labute approximate surface area is 57.6 Å². The number of rotatable bonds is 2. The Hall–Kier alpha value is 0. The van der Waals surface area contributed by atoms with E-state index in [0.29, 0.717) is 0 Å². The van der Waals surface area contributed by atoms with Gasteiger partial charge in [-0.15, -0.1) is 0 Å². The first-order valence-corrected chi connectivity index (χ1v) is 4.23. The minimum Gasteiger partial charge on any atom is -0.0654 e.